The minimum Gasteiger partial charge on any atom is -0.326 e. The van der Waals surface area contributed by atoms with Gasteiger partial charge in [0.15, 0.2) is 5.78 Å². The lowest BCUT2D eigenvalue weighted by Gasteiger charge is -2.08. The number of aromatic nitrogens is 3. The molecule has 0 aliphatic carbocycles. The quantitative estimate of drug-likeness (QED) is 0.860. The number of nitriles is 1. The summed E-state index contributed by atoms with van der Waals surface area (Å²) in [5, 5.41) is 15.4. The van der Waals surface area contributed by atoms with Crippen molar-refractivity contribution in [2.24, 2.45) is 0 Å². The number of Topliss-reactive ketones (excluding diaryl/α,β-unsaturated/α-hetero) is 1. The molecule has 1 aromatic heterocycles. The number of nitrogens with zero attached hydrogens (tertiary/aromatic N) is 4. The van der Waals surface area contributed by atoms with Crippen LogP contribution in [0.4, 0.5) is 5.69 Å². The minimum atomic E-state index is -0.118. The number of aryl methyl sites for hydroxylation is 1. The first-order chi connectivity index (χ1) is 10.7. The zero-order chi connectivity index (χ0) is 15.5. The van der Waals surface area contributed by atoms with Crippen LogP contribution in [-0.2, 0) is 17.8 Å². The number of ketones is 1. The molecular weight excluding hydrogens is 282 g/mol. The first-order valence-electron chi connectivity index (χ1n) is 6.91. The fraction of sp³-hybridized carbons (Fsp3) is 0.267. The van der Waals surface area contributed by atoms with Crippen LogP contribution in [0.5, 0.6) is 0 Å². The molecular formula is C15H13N5O2. The van der Waals surface area contributed by atoms with Crippen molar-refractivity contribution in [2.45, 2.75) is 25.8 Å². The molecule has 1 amide bonds. The Labute approximate surface area is 126 Å². The highest BCUT2D eigenvalue weighted by Crippen LogP contribution is 2.23. The van der Waals surface area contributed by atoms with E-state index >= 15 is 0 Å². The zero-order valence-electron chi connectivity index (χ0n) is 11.7. The van der Waals surface area contributed by atoms with Crippen LogP contribution in [0.25, 0.3) is 0 Å². The van der Waals surface area contributed by atoms with Crippen LogP contribution < -0.4 is 5.32 Å². The first kappa shape index (κ1) is 13.9. The molecule has 3 rings (SSSR count). The number of rotatable bonds is 3. The van der Waals surface area contributed by atoms with E-state index in [0.717, 1.165) is 24.1 Å². The van der Waals surface area contributed by atoms with Gasteiger partial charge in [0.1, 0.15) is 18.9 Å². The minimum absolute atomic E-state index is 0.00414. The molecule has 2 aromatic rings. The van der Waals surface area contributed by atoms with Gasteiger partial charge in [-0.25, -0.2) is 9.67 Å². The molecule has 0 spiro atoms. The van der Waals surface area contributed by atoms with Gasteiger partial charge in [-0.3, -0.25) is 9.59 Å². The van der Waals surface area contributed by atoms with E-state index in [0.29, 0.717) is 12.0 Å². The van der Waals surface area contributed by atoms with Crippen LogP contribution in [-0.4, -0.2) is 26.5 Å². The number of anilines is 1. The summed E-state index contributed by atoms with van der Waals surface area (Å²) < 4.78 is 1.34. The molecule has 0 fully saturated rings. The summed E-state index contributed by atoms with van der Waals surface area (Å²) in [5.74, 6) is -0.0744. The first-order valence-corrected chi connectivity index (χ1v) is 6.91. The smallest absolute Gasteiger partial charge is 0.252 e. The highest BCUT2D eigenvalue weighted by atomic mass is 16.1. The van der Waals surface area contributed by atoms with Crippen LogP contribution in [0.3, 0.4) is 0 Å². The Morgan fingerprint density at radius 2 is 2.27 bits per heavy atom. The highest BCUT2D eigenvalue weighted by Gasteiger charge is 2.15. The standard InChI is InChI=1S/C15H13N5O2/c16-7-14-17-9-20(19-14)8-13(21)11-4-5-12-10(6-11)2-1-3-15(22)18-12/h4-6,9H,1-3,8H2,(H,18,22). The lowest BCUT2D eigenvalue weighted by Crippen LogP contribution is -2.12. The molecule has 0 unspecified atom stereocenters. The molecule has 0 radical (unpaired) electrons. The van der Waals surface area contributed by atoms with Crippen LogP contribution >= 0.6 is 0 Å². The van der Waals surface area contributed by atoms with Crippen LogP contribution in [0.15, 0.2) is 24.5 Å². The maximum Gasteiger partial charge on any atom is 0.252 e. The van der Waals surface area contributed by atoms with Crippen LogP contribution in [0.2, 0.25) is 0 Å². The molecule has 0 saturated heterocycles. The number of fused-ring (bicyclic) bond motifs is 1. The normalized spacial score (nSPS) is 13.7. The monoisotopic (exact) mass is 295 g/mol. The van der Waals surface area contributed by atoms with Crippen molar-refractivity contribution < 1.29 is 9.59 Å². The Morgan fingerprint density at radius 3 is 3.05 bits per heavy atom. The second-order valence-electron chi connectivity index (χ2n) is 5.07. The van der Waals surface area contributed by atoms with E-state index in [4.69, 9.17) is 5.26 Å². The van der Waals surface area contributed by atoms with E-state index in [9.17, 15) is 9.59 Å². The number of carbonyl (C=O) groups is 2. The number of amides is 1. The number of carbonyl (C=O) groups excluding carboxylic acids is 2. The summed E-state index contributed by atoms with van der Waals surface area (Å²) in [7, 11) is 0. The molecule has 7 heteroatoms. The molecule has 1 aromatic carbocycles. The van der Waals surface area contributed by atoms with E-state index in [1.165, 1.54) is 11.0 Å². The number of nitrogens with one attached hydrogen (secondary N) is 1. The average molecular weight is 295 g/mol. The van der Waals surface area contributed by atoms with Crippen molar-refractivity contribution >= 4 is 17.4 Å². The van der Waals surface area contributed by atoms with Crippen LogP contribution in [0, 0.1) is 11.3 Å². The van der Waals surface area contributed by atoms with Crippen molar-refractivity contribution in [3.05, 3.63) is 41.5 Å². The van der Waals surface area contributed by atoms with Gasteiger partial charge in [-0.05, 0) is 36.6 Å². The number of benzene rings is 1. The Morgan fingerprint density at radius 1 is 1.41 bits per heavy atom. The molecule has 1 aliphatic heterocycles. The maximum atomic E-state index is 12.3. The Kier molecular flexibility index (Phi) is 3.66. The van der Waals surface area contributed by atoms with Crippen molar-refractivity contribution in [3.63, 3.8) is 0 Å². The molecule has 1 aliphatic rings. The molecule has 0 atom stereocenters. The summed E-state index contributed by atoms with van der Waals surface area (Å²) in [6.45, 7) is 0.0276. The Balaban J connectivity index is 1.80. The Hall–Kier alpha value is -3.01. The lowest BCUT2D eigenvalue weighted by molar-refractivity contribution is -0.116. The topological polar surface area (TPSA) is 101 Å². The second kappa shape index (κ2) is 5.77. The highest BCUT2D eigenvalue weighted by molar-refractivity contribution is 5.98. The summed E-state index contributed by atoms with van der Waals surface area (Å²) in [6, 6.07) is 7.08. The molecule has 0 bridgehead atoms. The fourth-order valence-electron chi connectivity index (χ4n) is 2.41. The maximum absolute atomic E-state index is 12.3. The molecule has 1 N–H and O–H groups in total. The van der Waals surface area contributed by atoms with E-state index in [2.05, 4.69) is 15.4 Å². The van der Waals surface area contributed by atoms with Crippen molar-refractivity contribution in [1.82, 2.24) is 14.8 Å². The van der Waals surface area contributed by atoms with Gasteiger partial charge >= 0.3 is 0 Å². The van der Waals surface area contributed by atoms with Gasteiger partial charge in [-0.1, -0.05) is 0 Å². The molecule has 7 nitrogen and oxygen atoms in total. The predicted molar refractivity (Wildman–Crippen MR) is 77.1 cm³/mol. The largest absolute Gasteiger partial charge is 0.326 e. The van der Waals surface area contributed by atoms with Crippen molar-refractivity contribution in [3.8, 4) is 6.07 Å². The van der Waals surface area contributed by atoms with Gasteiger partial charge in [-0.2, -0.15) is 5.26 Å². The van der Waals surface area contributed by atoms with Gasteiger partial charge in [0.25, 0.3) is 5.82 Å². The number of hydrogen-bond donors (Lipinski definition) is 1. The van der Waals surface area contributed by atoms with E-state index < -0.39 is 0 Å². The zero-order valence-corrected chi connectivity index (χ0v) is 11.7. The average Bonchev–Trinajstić information content (AvgIpc) is 2.87. The fourth-order valence-corrected chi connectivity index (χ4v) is 2.41. The molecule has 2 heterocycles. The molecule has 110 valence electrons. The lowest BCUT2D eigenvalue weighted by atomic mass is 10.0. The van der Waals surface area contributed by atoms with Gasteiger partial charge in [0.05, 0.1) is 0 Å². The van der Waals surface area contributed by atoms with Gasteiger partial charge in [0.2, 0.25) is 5.91 Å². The van der Waals surface area contributed by atoms with Gasteiger partial charge < -0.3 is 5.32 Å². The third-order valence-electron chi connectivity index (χ3n) is 3.49. The summed E-state index contributed by atoms with van der Waals surface area (Å²) >= 11 is 0. The van der Waals surface area contributed by atoms with Crippen molar-refractivity contribution in [1.29, 1.82) is 5.26 Å². The van der Waals surface area contributed by atoms with Gasteiger partial charge in [0, 0.05) is 17.7 Å². The Bertz CT molecular complexity index is 787. The summed E-state index contributed by atoms with van der Waals surface area (Å²) in [6.07, 6.45) is 3.39. The third-order valence-corrected chi connectivity index (χ3v) is 3.49. The predicted octanol–water partition coefficient (Wildman–Crippen LogP) is 1.31. The molecule has 0 saturated carbocycles. The third kappa shape index (κ3) is 2.86. The second-order valence-corrected chi connectivity index (χ2v) is 5.07. The summed E-state index contributed by atoms with van der Waals surface area (Å²) in [5.41, 5.74) is 2.29. The molecule has 22 heavy (non-hydrogen) atoms. The van der Waals surface area contributed by atoms with E-state index in [1.54, 1.807) is 12.1 Å². The van der Waals surface area contributed by atoms with E-state index in [1.807, 2.05) is 12.1 Å². The van der Waals surface area contributed by atoms with Gasteiger partial charge in [-0.15, -0.1) is 5.10 Å². The van der Waals surface area contributed by atoms with E-state index in [-0.39, 0.29) is 24.1 Å². The van der Waals surface area contributed by atoms with Crippen LogP contribution in [0.1, 0.15) is 34.6 Å². The van der Waals surface area contributed by atoms with Crippen molar-refractivity contribution in [2.75, 3.05) is 5.32 Å². The SMILES string of the molecule is N#Cc1ncn(CC(=O)c2ccc3c(c2)CCCC(=O)N3)n1. The summed E-state index contributed by atoms with van der Waals surface area (Å²) in [4.78, 5) is 27.6. The number of hydrogen-bond acceptors (Lipinski definition) is 5.